The third-order valence-corrected chi connectivity index (χ3v) is 4.45. The number of halogens is 3. The van der Waals surface area contributed by atoms with Crippen molar-refractivity contribution in [2.24, 2.45) is 4.99 Å². The molecular weight excluding hydrogens is 417 g/mol. The molecule has 3 rings (SSSR count). The molecule has 5 nitrogen and oxygen atoms in total. The van der Waals surface area contributed by atoms with Gasteiger partial charge in [-0.25, -0.2) is 4.98 Å². The van der Waals surface area contributed by atoms with Gasteiger partial charge in [0, 0.05) is 24.4 Å². The van der Waals surface area contributed by atoms with Crippen molar-refractivity contribution < 1.29 is 18.3 Å². The van der Waals surface area contributed by atoms with Crippen LogP contribution in [0.25, 0.3) is 11.3 Å². The lowest BCUT2D eigenvalue weighted by molar-refractivity contribution is -0.137. The summed E-state index contributed by atoms with van der Waals surface area (Å²) in [6, 6.07) is 4.86. The number of hydrogen-bond acceptors (Lipinski definition) is 5. The summed E-state index contributed by atoms with van der Waals surface area (Å²) in [5, 5.41) is 9.95. The number of phenols is 1. The normalized spacial score (nSPS) is 13.3. The number of nitrogens with two attached hydrogens (primary N) is 1. The maximum absolute atomic E-state index is 12.7. The largest absolute Gasteiger partial charge is 0.507 e. The minimum atomic E-state index is -4.52. The van der Waals surface area contributed by atoms with Crippen LogP contribution in [0.2, 0.25) is 0 Å². The van der Waals surface area contributed by atoms with E-state index >= 15 is 0 Å². The Bertz CT molecular complexity index is 864. The predicted molar refractivity (Wildman–Crippen MR) is 127 cm³/mol. The zero-order valence-electron chi connectivity index (χ0n) is 19.4. The van der Waals surface area contributed by atoms with Crippen molar-refractivity contribution in [3.8, 4) is 29.9 Å². The molecule has 1 fully saturated rings. The highest BCUT2D eigenvalue weighted by Crippen LogP contribution is 2.38. The molecule has 1 aromatic heterocycles. The van der Waals surface area contributed by atoms with Crippen molar-refractivity contribution in [2.75, 3.05) is 32.9 Å². The van der Waals surface area contributed by atoms with Crippen LogP contribution in [-0.4, -0.2) is 48.4 Å². The van der Waals surface area contributed by atoms with Crippen LogP contribution in [0.4, 0.5) is 19.0 Å². The number of rotatable bonds is 2. The first-order valence-electron chi connectivity index (χ1n) is 10.2. The van der Waals surface area contributed by atoms with E-state index in [0.717, 1.165) is 6.07 Å². The van der Waals surface area contributed by atoms with E-state index in [1.807, 2.05) is 13.8 Å². The molecule has 1 saturated heterocycles. The molecule has 176 valence electrons. The second-order valence-corrected chi connectivity index (χ2v) is 6.75. The molecule has 0 bridgehead atoms. The number of phenolic OH excluding ortho intramolecular Hbond substituents is 1. The van der Waals surface area contributed by atoms with Gasteiger partial charge in [-0.3, -0.25) is 4.99 Å². The Balaban J connectivity index is 0.000000805. The van der Waals surface area contributed by atoms with Gasteiger partial charge in [-0.1, -0.05) is 13.8 Å². The van der Waals surface area contributed by atoms with Crippen LogP contribution < -0.4 is 5.73 Å². The highest BCUT2D eigenvalue weighted by molar-refractivity contribution is 5.86. The molecule has 2 heterocycles. The number of alkyl halides is 3. The van der Waals surface area contributed by atoms with Gasteiger partial charge in [0.25, 0.3) is 0 Å². The number of terminal acetylenes is 1. The molecule has 0 radical (unpaired) electrons. The van der Waals surface area contributed by atoms with E-state index < -0.39 is 17.5 Å². The number of nitrogen functional groups attached to an aromatic ring is 1. The number of aryl methyl sites for hydroxylation is 1. The fourth-order valence-electron chi connectivity index (χ4n) is 3.01. The molecule has 0 atom stereocenters. The van der Waals surface area contributed by atoms with Crippen LogP contribution in [-0.2, 0) is 6.18 Å². The number of aliphatic imine (C=N–C) groups is 1. The molecule has 32 heavy (non-hydrogen) atoms. The third kappa shape index (κ3) is 8.60. The first-order chi connectivity index (χ1) is 15.1. The van der Waals surface area contributed by atoms with Crippen molar-refractivity contribution in [1.29, 1.82) is 0 Å². The Hall–Kier alpha value is -3.05. The van der Waals surface area contributed by atoms with E-state index in [1.54, 1.807) is 19.2 Å². The average Bonchev–Trinajstić information content (AvgIpc) is 3.23. The number of hydrogen-bond donors (Lipinski definition) is 2. The molecule has 0 aliphatic carbocycles. The van der Waals surface area contributed by atoms with Gasteiger partial charge in [-0.15, -0.1) is 12.8 Å². The quantitative estimate of drug-likeness (QED) is 0.475. The van der Waals surface area contributed by atoms with Crippen molar-refractivity contribution in [2.45, 2.75) is 39.8 Å². The smallest absolute Gasteiger partial charge is 0.416 e. The maximum atomic E-state index is 12.7. The van der Waals surface area contributed by atoms with Crippen LogP contribution in [0.5, 0.6) is 5.75 Å². The standard InChI is InChI=1S/C15H14F3N3O.C5H11N.C2H6.C2H2/c1-8-5-10(15(16,17)18)6-12(22)13(8)11-4-3-9(7-20-2)14(19)21-11;1-6-4-2-3-5-6;2*1-2/h3-7,22H,1-2H3,(H2,19,21);2-5H2,1H3;1-2H3;1-2H. The van der Waals surface area contributed by atoms with Crippen molar-refractivity contribution >= 4 is 12.0 Å². The molecule has 3 N–H and O–H groups in total. The molecule has 1 aromatic carbocycles. The van der Waals surface area contributed by atoms with Crippen LogP contribution in [0.15, 0.2) is 29.3 Å². The van der Waals surface area contributed by atoms with Gasteiger partial charge in [0.1, 0.15) is 11.6 Å². The average molecular weight is 451 g/mol. The SMILES string of the molecule is C#C.CC.CN1CCCC1.CN=Cc1ccc(-c2c(C)cc(C(F)(F)F)cc2O)nc1N. The monoisotopic (exact) mass is 450 g/mol. The van der Waals surface area contributed by atoms with Crippen molar-refractivity contribution in [3.63, 3.8) is 0 Å². The summed E-state index contributed by atoms with van der Waals surface area (Å²) >= 11 is 0. The molecule has 0 saturated carbocycles. The number of aromatic hydroxyl groups is 1. The van der Waals surface area contributed by atoms with E-state index in [4.69, 9.17) is 5.73 Å². The number of likely N-dealkylation sites (tertiary alicyclic amines) is 1. The van der Waals surface area contributed by atoms with Gasteiger partial charge in [0.05, 0.1) is 11.3 Å². The summed E-state index contributed by atoms with van der Waals surface area (Å²) in [7, 11) is 3.76. The fourth-order valence-corrected chi connectivity index (χ4v) is 3.01. The lowest BCUT2D eigenvalue weighted by Gasteiger charge is -2.13. The van der Waals surface area contributed by atoms with E-state index in [1.165, 1.54) is 39.1 Å². The van der Waals surface area contributed by atoms with E-state index in [-0.39, 0.29) is 16.9 Å². The van der Waals surface area contributed by atoms with E-state index in [9.17, 15) is 18.3 Å². The molecule has 0 spiro atoms. The Kier molecular flexibility index (Phi) is 12.8. The number of pyridine rings is 1. The first-order valence-corrected chi connectivity index (χ1v) is 10.2. The highest BCUT2D eigenvalue weighted by atomic mass is 19.4. The fraction of sp³-hybridized carbons (Fsp3) is 0.417. The Labute approximate surface area is 189 Å². The van der Waals surface area contributed by atoms with Crippen LogP contribution in [0, 0.1) is 19.8 Å². The van der Waals surface area contributed by atoms with Gasteiger partial charge < -0.3 is 15.7 Å². The third-order valence-electron chi connectivity index (χ3n) is 4.45. The molecule has 0 amide bonds. The zero-order valence-corrected chi connectivity index (χ0v) is 19.4. The summed E-state index contributed by atoms with van der Waals surface area (Å²) < 4.78 is 38.2. The minimum absolute atomic E-state index is 0.182. The number of aromatic nitrogens is 1. The number of benzene rings is 1. The van der Waals surface area contributed by atoms with Crippen LogP contribution in [0.1, 0.15) is 43.4 Å². The summed E-state index contributed by atoms with van der Waals surface area (Å²) in [6.07, 6.45) is 7.83. The second kappa shape index (κ2) is 14.1. The Morgan fingerprint density at radius 2 is 1.72 bits per heavy atom. The van der Waals surface area contributed by atoms with Crippen molar-refractivity contribution in [1.82, 2.24) is 9.88 Å². The number of nitrogens with zero attached hydrogens (tertiary/aromatic N) is 3. The Morgan fingerprint density at radius 1 is 1.16 bits per heavy atom. The topological polar surface area (TPSA) is 74.7 Å². The van der Waals surface area contributed by atoms with E-state index in [2.05, 4.69) is 34.8 Å². The molecule has 2 aromatic rings. The van der Waals surface area contributed by atoms with Crippen LogP contribution >= 0.6 is 0 Å². The van der Waals surface area contributed by atoms with Gasteiger partial charge in [0.15, 0.2) is 0 Å². The molecule has 1 aliphatic heterocycles. The lowest BCUT2D eigenvalue weighted by Crippen LogP contribution is -2.10. The van der Waals surface area contributed by atoms with E-state index in [0.29, 0.717) is 17.3 Å². The zero-order chi connectivity index (χ0) is 24.9. The summed E-state index contributed by atoms with van der Waals surface area (Å²) in [5.74, 6) is -0.307. The van der Waals surface area contributed by atoms with Gasteiger partial charge >= 0.3 is 6.18 Å². The minimum Gasteiger partial charge on any atom is -0.507 e. The lowest BCUT2D eigenvalue weighted by atomic mass is 10.00. The highest BCUT2D eigenvalue weighted by Gasteiger charge is 2.32. The van der Waals surface area contributed by atoms with Gasteiger partial charge in [-0.05, 0) is 69.7 Å². The number of anilines is 1. The summed E-state index contributed by atoms with van der Waals surface area (Å²) in [6.45, 7) is 8.11. The Morgan fingerprint density at radius 3 is 2.09 bits per heavy atom. The molecule has 1 aliphatic rings. The van der Waals surface area contributed by atoms with Crippen LogP contribution in [0.3, 0.4) is 0 Å². The maximum Gasteiger partial charge on any atom is 0.416 e. The predicted octanol–water partition coefficient (Wildman–Crippen LogP) is 5.40. The summed E-state index contributed by atoms with van der Waals surface area (Å²) in [4.78, 5) is 10.3. The summed E-state index contributed by atoms with van der Waals surface area (Å²) in [5.41, 5.74) is 6.25. The first kappa shape index (κ1) is 28.9. The second-order valence-electron chi connectivity index (χ2n) is 6.75. The van der Waals surface area contributed by atoms with Gasteiger partial charge in [-0.2, -0.15) is 13.2 Å². The molecular formula is C24H33F3N4O. The van der Waals surface area contributed by atoms with Gasteiger partial charge in [0.2, 0.25) is 0 Å². The van der Waals surface area contributed by atoms with Crippen molar-refractivity contribution in [3.05, 3.63) is 41.0 Å². The molecule has 0 unspecified atom stereocenters. The molecule has 8 heteroatoms.